The SMILES string of the molecule is CCCCCCCCC/C=C\CCCCCCCC(=O)OCCCCCCCCCCCCCCCCC/C=C\C/C=C\CCCCCCCCCCCCCCCCCCCC(=O)NC(CO)C(O)CCCCCCCCCCCCCCCCCCCCC. The van der Waals surface area contributed by atoms with E-state index in [0.29, 0.717) is 25.9 Å². The molecule has 0 saturated carbocycles. The zero-order chi connectivity index (χ0) is 65.6. The van der Waals surface area contributed by atoms with Gasteiger partial charge in [-0.3, -0.25) is 9.59 Å². The Kier molecular flexibility index (Phi) is 78.8. The lowest BCUT2D eigenvalue weighted by Gasteiger charge is -2.22. The molecule has 1 amide bonds. The molecule has 0 aromatic rings. The number of ether oxygens (including phenoxy) is 1. The van der Waals surface area contributed by atoms with Crippen LogP contribution in [0, 0.1) is 0 Å². The van der Waals surface area contributed by atoms with Crippen molar-refractivity contribution in [3.63, 3.8) is 0 Å². The van der Waals surface area contributed by atoms with E-state index in [9.17, 15) is 19.8 Å². The normalized spacial score (nSPS) is 12.6. The minimum absolute atomic E-state index is 0.0137. The highest BCUT2D eigenvalue weighted by Crippen LogP contribution is 2.20. The lowest BCUT2D eigenvalue weighted by atomic mass is 10.0. The first-order chi connectivity index (χ1) is 45.0. The number of carbonyl (C=O) groups excluding carboxylic acids is 2. The molecule has 3 N–H and O–H groups in total. The van der Waals surface area contributed by atoms with Crippen LogP contribution in [-0.2, 0) is 14.3 Å². The summed E-state index contributed by atoms with van der Waals surface area (Å²) in [7, 11) is 0. The van der Waals surface area contributed by atoms with E-state index in [-0.39, 0.29) is 18.5 Å². The standard InChI is InChI=1S/C85H163NO5/c1-3-5-7-9-11-13-15-17-19-21-43-46-49-53-57-61-65-69-73-77-83(88)82(81-87)86-84(89)78-74-70-66-62-58-54-50-47-44-41-39-37-35-33-31-29-27-25-23-22-24-26-28-30-32-34-36-38-40-42-45-48-52-56-60-64-68-72-76-80-91-85(90)79-75-71-67-63-59-55-51-20-18-16-14-12-10-8-6-4-2/h20,22-23,26,28,51,82-83,87-88H,3-19,21,24-25,27,29-50,52-81H2,1-2H3,(H,86,89)/b23-22-,28-26-,51-20-. The molecular weight excluding hydrogens is 1110 g/mol. The van der Waals surface area contributed by atoms with Gasteiger partial charge in [0.05, 0.1) is 25.4 Å². The molecule has 91 heavy (non-hydrogen) atoms. The second kappa shape index (κ2) is 80.5. The summed E-state index contributed by atoms with van der Waals surface area (Å²) in [6.45, 7) is 5.00. The molecule has 0 spiro atoms. The topological polar surface area (TPSA) is 95.9 Å². The van der Waals surface area contributed by atoms with Crippen LogP contribution in [0.2, 0.25) is 0 Å². The minimum Gasteiger partial charge on any atom is -0.466 e. The van der Waals surface area contributed by atoms with Crippen molar-refractivity contribution in [2.45, 2.75) is 482 Å². The maximum atomic E-state index is 12.6. The monoisotopic (exact) mass is 1280 g/mol. The highest BCUT2D eigenvalue weighted by Gasteiger charge is 2.20. The summed E-state index contributed by atoms with van der Waals surface area (Å²) in [6.07, 6.45) is 105. The highest BCUT2D eigenvalue weighted by atomic mass is 16.5. The van der Waals surface area contributed by atoms with Crippen LogP contribution in [0.4, 0.5) is 0 Å². The maximum Gasteiger partial charge on any atom is 0.305 e. The lowest BCUT2D eigenvalue weighted by molar-refractivity contribution is -0.143. The van der Waals surface area contributed by atoms with Crippen LogP contribution >= 0.6 is 0 Å². The molecule has 0 fully saturated rings. The van der Waals surface area contributed by atoms with E-state index in [1.54, 1.807) is 0 Å². The Morgan fingerprint density at radius 1 is 0.308 bits per heavy atom. The predicted octanol–water partition coefficient (Wildman–Crippen LogP) is 27.8. The van der Waals surface area contributed by atoms with Gasteiger partial charge in [0.25, 0.3) is 0 Å². The number of hydrogen-bond donors (Lipinski definition) is 3. The average Bonchev–Trinajstić information content (AvgIpc) is 3.74. The number of aliphatic hydroxyl groups is 2. The zero-order valence-electron chi connectivity index (χ0n) is 61.9. The third-order valence-electron chi connectivity index (χ3n) is 19.7. The molecule has 0 bridgehead atoms. The molecule has 0 aliphatic carbocycles. The van der Waals surface area contributed by atoms with E-state index in [2.05, 4.69) is 55.6 Å². The van der Waals surface area contributed by atoms with Gasteiger partial charge in [0.15, 0.2) is 0 Å². The number of rotatable bonds is 79. The van der Waals surface area contributed by atoms with Gasteiger partial charge in [-0.15, -0.1) is 0 Å². The van der Waals surface area contributed by atoms with Crippen LogP contribution in [0.15, 0.2) is 36.5 Å². The number of aliphatic hydroxyl groups excluding tert-OH is 2. The number of hydrogen-bond acceptors (Lipinski definition) is 5. The molecule has 538 valence electrons. The van der Waals surface area contributed by atoms with E-state index < -0.39 is 12.1 Å². The van der Waals surface area contributed by atoms with Crippen molar-refractivity contribution in [2.75, 3.05) is 13.2 Å². The van der Waals surface area contributed by atoms with Crippen LogP contribution in [0.5, 0.6) is 0 Å². The lowest BCUT2D eigenvalue weighted by Crippen LogP contribution is -2.45. The van der Waals surface area contributed by atoms with Crippen molar-refractivity contribution in [1.29, 1.82) is 0 Å². The van der Waals surface area contributed by atoms with Crippen molar-refractivity contribution in [3.8, 4) is 0 Å². The summed E-state index contributed by atoms with van der Waals surface area (Å²) in [5, 5.41) is 23.4. The van der Waals surface area contributed by atoms with Gasteiger partial charge >= 0.3 is 5.97 Å². The van der Waals surface area contributed by atoms with Gasteiger partial charge in [-0.05, 0) is 83.5 Å². The molecule has 6 heteroatoms. The van der Waals surface area contributed by atoms with Crippen molar-refractivity contribution >= 4 is 11.9 Å². The second-order valence-corrected chi connectivity index (χ2v) is 28.8. The summed E-state index contributed by atoms with van der Waals surface area (Å²) in [5.41, 5.74) is 0. The van der Waals surface area contributed by atoms with Gasteiger partial charge < -0.3 is 20.3 Å². The first-order valence-electron chi connectivity index (χ1n) is 41.7. The van der Waals surface area contributed by atoms with E-state index in [1.807, 2.05) is 0 Å². The van der Waals surface area contributed by atoms with Gasteiger partial charge in [0.2, 0.25) is 5.91 Å². The number of unbranched alkanes of at least 4 members (excludes halogenated alkanes) is 62. The predicted molar refractivity (Wildman–Crippen MR) is 403 cm³/mol. The van der Waals surface area contributed by atoms with Gasteiger partial charge in [-0.2, -0.15) is 0 Å². The molecule has 0 radical (unpaired) electrons. The van der Waals surface area contributed by atoms with E-state index in [1.165, 1.54) is 385 Å². The van der Waals surface area contributed by atoms with Crippen molar-refractivity contribution < 1.29 is 24.5 Å². The maximum absolute atomic E-state index is 12.6. The Balaban J connectivity index is 3.35. The fraction of sp³-hybridized carbons (Fsp3) is 0.906. The number of esters is 1. The van der Waals surface area contributed by atoms with Gasteiger partial charge in [0.1, 0.15) is 0 Å². The van der Waals surface area contributed by atoms with Crippen LogP contribution in [0.25, 0.3) is 0 Å². The summed E-state index contributed by atoms with van der Waals surface area (Å²) in [5.74, 6) is -0.0134. The molecular formula is C85H163NO5. The Hall–Kier alpha value is -1.92. The van der Waals surface area contributed by atoms with Crippen LogP contribution < -0.4 is 5.32 Å². The first kappa shape index (κ1) is 89.1. The Bertz CT molecular complexity index is 1470. The molecule has 0 saturated heterocycles. The number of amides is 1. The Morgan fingerprint density at radius 3 is 0.846 bits per heavy atom. The van der Waals surface area contributed by atoms with E-state index >= 15 is 0 Å². The molecule has 0 aromatic heterocycles. The number of allylic oxidation sites excluding steroid dienone is 6. The van der Waals surface area contributed by atoms with E-state index in [4.69, 9.17) is 4.74 Å². The fourth-order valence-electron chi connectivity index (χ4n) is 13.3. The Morgan fingerprint density at radius 2 is 0.549 bits per heavy atom. The third-order valence-corrected chi connectivity index (χ3v) is 19.7. The minimum atomic E-state index is -0.663. The molecule has 0 aliphatic rings. The molecule has 0 aromatic carbocycles. The molecule has 2 unspecified atom stereocenters. The molecule has 6 nitrogen and oxygen atoms in total. The fourth-order valence-corrected chi connectivity index (χ4v) is 13.3. The largest absolute Gasteiger partial charge is 0.466 e. The van der Waals surface area contributed by atoms with Crippen LogP contribution in [0.1, 0.15) is 470 Å². The van der Waals surface area contributed by atoms with Crippen LogP contribution in [0.3, 0.4) is 0 Å². The summed E-state index contributed by atoms with van der Waals surface area (Å²) in [6, 6.07) is -0.540. The average molecular weight is 1280 g/mol. The van der Waals surface area contributed by atoms with Crippen LogP contribution in [-0.4, -0.2) is 47.4 Å². The third kappa shape index (κ3) is 77.0. The van der Waals surface area contributed by atoms with Gasteiger partial charge in [-0.1, -0.05) is 410 Å². The summed E-state index contributed by atoms with van der Waals surface area (Å²) in [4.78, 5) is 24.7. The second-order valence-electron chi connectivity index (χ2n) is 28.8. The smallest absolute Gasteiger partial charge is 0.305 e. The highest BCUT2D eigenvalue weighted by molar-refractivity contribution is 5.76. The van der Waals surface area contributed by atoms with E-state index in [0.717, 1.165) is 51.4 Å². The van der Waals surface area contributed by atoms with Gasteiger partial charge in [0, 0.05) is 12.8 Å². The summed E-state index contributed by atoms with van der Waals surface area (Å²) >= 11 is 0. The zero-order valence-corrected chi connectivity index (χ0v) is 61.9. The van der Waals surface area contributed by atoms with Gasteiger partial charge in [-0.25, -0.2) is 0 Å². The molecule has 0 heterocycles. The Labute approximate surface area is 570 Å². The first-order valence-corrected chi connectivity index (χ1v) is 41.7. The van der Waals surface area contributed by atoms with Crippen molar-refractivity contribution in [1.82, 2.24) is 5.32 Å². The van der Waals surface area contributed by atoms with Crippen molar-refractivity contribution in [3.05, 3.63) is 36.5 Å². The molecule has 0 aliphatic heterocycles. The summed E-state index contributed by atoms with van der Waals surface area (Å²) < 4.78 is 5.50. The number of carbonyl (C=O) groups is 2. The quantitative estimate of drug-likeness (QED) is 0.0320. The van der Waals surface area contributed by atoms with Crippen molar-refractivity contribution in [2.24, 2.45) is 0 Å². The molecule has 0 rings (SSSR count). The number of nitrogens with one attached hydrogen (secondary N) is 1. The molecule has 2 atom stereocenters.